The van der Waals surface area contributed by atoms with Gasteiger partial charge in [0.1, 0.15) is 0 Å². The van der Waals surface area contributed by atoms with Crippen LogP contribution >= 0.6 is 0 Å². The Morgan fingerprint density at radius 1 is 1.42 bits per heavy atom. The largest absolute Gasteiger partial charge is 0.419 e. The molecule has 1 aliphatic rings. The number of hydrogen-bond acceptors (Lipinski definition) is 4. The molecule has 0 bridgehead atoms. The zero-order valence-electron chi connectivity index (χ0n) is 11.4. The summed E-state index contributed by atoms with van der Waals surface area (Å²) in [6.45, 7) is 4.89. The molecule has 2 heterocycles. The molecule has 102 valence electrons. The standard InChI is InChI=1S/C14H18N2O3/c1-14(2)7-10(8-18-14)15-9-4-5-12-11(6-9)16(3)13(17)19-12/h4-6,10,15H,7-8H2,1-3H3. The highest BCUT2D eigenvalue weighted by Crippen LogP contribution is 2.27. The molecule has 0 aliphatic carbocycles. The fourth-order valence-corrected chi connectivity index (χ4v) is 2.58. The number of fused-ring (bicyclic) bond motifs is 1. The second-order valence-corrected chi connectivity index (χ2v) is 5.73. The number of hydrogen-bond donors (Lipinski definition) is 1. The molecule has 1 fully saturated rings. The molecule has 1 unspecified atom stereocenters. The van der Waals surface area contributed by atoms with Crippen LogP contribution in [0.5, 0.6) is 0 Å². The van der Waals surface area contributed by atoms with Crippen molar-refractivity contribution in [3.05, 3.63) is 28.7 Å². The summed E-state index contributed by atoms with van der Waals surface area (Å²) in [5, 5.41) is 3.44. The third-order valence-corrected chi connectivity index (χ3v) is 3.58. The van der Waals surface area contributed by atoms with Gasteiger partial charge in [0.25, 0.3) is 0 Å². The van der Waals surface area contributed by atoms with Gasteiger partial charge in [0.05, 0.1) is 23.8 Å². The lowest BCUT2D eigenvalue weighted by Gasteiger charge is -2.16. The molecular weight excluding hydrogens is 244 g/mol. The van der Waals surface area contributed by atoms with E-state index in [1.54, 1.807) is 7.05 Å². The highest BCUT2D eigenvalue weighted by atomic mass is 16.5. The molecule has 1 aromatic heterocycles. The Morgan fingerprint density at radius 3 is 2.89 bits per heavy atom. The third-order valence-electron chi connectivity index (χ3n) is 3.58. The van der Waals surface area contributed by atoms with Crippen molar-refractivity contribution in [2.75, 3.05) is 11.9 Å². The maximum Gasteiger partial charge on any atom is 0.419 e. The van der Waals surface area contributed by atoms with Crippen molar-refractivity contribution in [2.45, 2.75) is 31.9 Å². The molecule has 0 amide bonds. The lowest BCUT2D eigenvalue weighted by atomic mass is 10.0. The van der Waals surface area contributed by atoms with Crippen LogP contribution in [0.3, 0.4) is 0 Å². The molecular formula is C14H18N2O3. The number of anilines is 1. The van der Waals surface area contributed by atoms with Gasteiger partial charge in [0, 0.05) is 12.7 Å². The van der Waals surface area contributed by atoms with E-state index in [9.17, 15) is 4.79 Å². The first-order valence-electron chi connectivity index (χ1n) is 6.45. The number of rotatable bonds is 2. The van der Waals surface area contributed by atoms with Crippen LogP contribution in [0.2, 0.25) is 0 Å². The number of benzene rings is 1. The Morgan fingerprint density at radius 2 is 2.21 bits per heavy atom. The summed E-state index contributed by atoms with van der Waals surface area (Å²) in [4.78, 5) is 11.4. The molecule has 0 saturated carbocycles. The minimum Gasteiger partial charge on any atom is -0.408 e. The van der Waals surface area contributed by atoms with Gasteiger partial charge in [0.2, 0.25) is 0 Å². The van der Waals surface area contributed by atoms with Crippen LogP contribution in [-0.2, 0) is 11.8 Å². The summed E-state index contributed by atoms with van der Waals surface area (Å²) < 4.78 is 12.3. The Kier molecular flexibility index (Phi) is 2.67. The Balaban J connectivity index is 1.86. The monoisotopic (exact) mass is 262 g/mol. The molecule has 3 rings (SSSR count). The molecule has 0 spiro atoms. The van der Waals surface area contributed by atoms with Gasteiger partial charge >= 0.3 is 5.76 Å². The smallest absolute Gasteiger partial charge is 0.408 e. The van der Waals surface area contributed by atoms with E-state index in [2.05, 4.69) is 19.2 Å². The average Bonchev–Trinajstić information content (AvgIpc) is 2.82. The lowest BCUT2D eigenvalue weighted by molar-refractivity contribution is 0.0363. The fraction of sp³-hybridized carbons (Fsp3) is 0.500. The van der Waals surface area contributed by atoms with Crippen LogP contribution in [0.15, 0.2) is 27.4 Å². The van der Waals surface area contributed by atoms with E-state index in [1.165, 1.54) is 4.57 Å². The highest BCUT2D eigenvalue weighted by molar-refractivity contribution is 5.77. The normalized spacial score (nSPS) is 21.9. The molecule has 0 radical (unpaired) electrons. The maximum absolute atomic E-state index is 11.4. The average molecular weight is 262 g/mol. The number of aromatic nitrogens is 1. The minimum atomic E-state index is -0.336. The van der Waals surface area contributed by atoms with E-state index in [0.717, 1.165) is 17.6 Å². The summed E-state index contributed by atoms with van der Waals surface area (Å²) in [7, 11) is 1.71. The first-order valence-corrected chi connectivity index (χ1v) is 6.45. The zero-order valence-corrected chi connectivity index (χ0v) is 11.4. The third kappa shape index (κ3) is 2.26. The summed E-state index contributed by atoms with van der Waals surface area (Å²) in [6.07, 6.45) is 0.968. The van der Waals surface area contributed by atoms with Gasteiger partial charge in [-0.25, -0.2) is 4.79 Å². The van der Waals surface area contributed by atoms with E-state index < -0.39 is 0 Å². The lowest BCUT2D eigenvalue weighted by Crippen LogP contribution is -2.22. The SMILES string of the molecule is Cn1c(=O)oc2ccc(NC3COC(C)(C)C3)cc21. The molecule has 2 aromatic rings. The van der Waals surface area contributed by atoms with Gasteiger partial charge in [-0.3, -0.25) is 4.57 Å². The molecule has 1 aliphatic heterocycles. The van der Waals surface area contributed by atoms with Crippen molar-refractivity contribution >= 4 is 16.8 Å². The number of nitrogens with zero attached hydrogens (tertiary/aromatic N) is 1. The van der Waals surface area contributed by atoms with Crippen LogP contribution in [0, 0.1) is 0 Å². The van der Waals surface area contributed by atoms with Gasteiger partial charge < -0.3 is 14.5 Å². The van der Waals surface area contributed by atoms with Crippen LogP contribution in [0.1, 0.15) is 20.3 Å². The Bertz CT molecular complexity index is 669. The molecule has 1 N–H and O–H groups in total. The van der Waals surface area contributed by atoms with Crippen LogP contribution in [-0.4, -0.2) is 22.8 Å². The predicted molar refractivity (Wildman–Crippen MR) is 73.5 cm³/mol. The second kappa shape index (κ2) is 4.13. The van der Waals surface area contributed by atoms with Crippen molar-refractivity contribution in [1.29, 1.82) is 0 Å². The van der Waals surface area contributed by atoms with Gasteiger partial charge in [-0.05, 0) is 38.5 Å². The molecule has 5 nitrogen and oxygen atoms in total. The Labute approximate surface area is 111 Å². The first-order chi connectivity index (χ1) is 8.94. The van der Waals surface area contributed by atoms with Gasteiger partial charge in [-0.2, -0.15) is 0 Å². The summed E-state index contributed by atoms with van der Waals surface area (Å²) in [5.41, 5.74) is 2.33. The van der Waals surface area contributed by atoms with Crippen molar-refractivity contribution in [3.8, 4) is 0 Å². The molecule has 1 atom stereocenters. The zero-order chi connectivity index (χ0) is 13.6. The van der Waals surface area contributed by atoms with Crippen LogP contribution in [0.4, 0.5) is 5.69 Å². The summed E-state index contributed by atoms with van der Waals surface area (Å²) >= 11 is 0. The quantitative estimate of drug-likeness (QED) is 0.900. The first kappa shape index (κ1) is 12.3. The molecule has 19 heavy (non-hydrogen) atoms. The number of aryl methyl sites for hydroxylation is 1. The van der Waals surface area contributed by atoms with E-state index in [1.807, 2.05) is 18.2 Å². The van der Waals surface area contributed by atoms with E-state index in [-0.39, 0.29) is 11.4 Å². The van der Waals surface area contributed by atoms with Crippen molar-refractivity contribution in [3.63, 3.8) is 0 Å². The number of oxazole rings is 1. The van der Waals surface area contributed by atoms with E-state index in [0.29, 0.717) is 18.2 Å². The number of nitrogens with one attached hydrogen (secondary N) is 1. The predicted octanol–water partition coefficient (Wildman–Crippen LogP) is 2.11. The van der Waals surface area contributed by atoms with Gasteiger partial charge in [-0.15, -0.1) is 0 Å². The summed E-state index contributed by atoms with van der Waals surface area (Å²) in [5.74, 6) is -0.336. The summed E-state index contributed by atoms with van der Waals surface area (Å²) in [6, 6.07) is 5.98. The second-order valence-electron chi connectivity index (χ2n) is 5.73. The number of ether oxygens (including phenoxy) is 1. The van der Waals surface area contributed by atoms with E-state index in [4.69, 9.17) is 9.15 Å². The van der Waals surface area contributed by atoms with E-state index >= 15 is 0 Å². The minimum absolute atomic E-state index is 0.0652. The topological polar surface area (TPSA) is 56.4 Å². The van der Waals surface area contributed by atoms with Crippen LogP contribution in [0.25, 0.3) is 11.1 Å². The Hall–Kier alpha value is -1.75. The van der Waals surface area contributed by atoms with Gasteiger partial charge in [0.15, 0.2) is 5.58 Å². The maximum atomic E-state index is 11.4. The molecule has 1 aromatic carbocycles. The molecule has 5 heteroatoms. The fourth-order valence-electron chi connectivity index (χ4n) is 2.58. The van der Waals surface area contributed by atoms with Crippen molar-refractivity contribution in [1.82, 2.24) is 4.57 Å². The molecule has 1 saturated heterocycles. The van der Waals surface area contributed by atoms with Gasteiger partial charge in [-0.1, -0.05) is 0 Å². The van der Waals surface area contributed by atoms with Crippen molar-refractivity contribution in [2.24, 2.45) is 7.05 Å². The van der Waals surface area contributed by atoms with Crippen molar-refractivity contribution < 1.29 is 9.15 Å². The highest BCUT2D eigenvalue weighted by Gasteiger charge is 2.31. The van der Waals surface area contributed by atoms with Crippen LogP contribution < -0.4 is 11.1 Å².